The Morgan fingerprint density at radius 1 is 1.06 bits per heavy atom. The van der Waals surface area contributed by atoms with E-state index >= 15 is 0 Å². The lowest BCUT2D eigenvalue weighted by molar-refractivity contribution is 0.215. The van der Waals surface area contributed by atoms with Crippen LogP contribution in [-0.4, -0.2) is 24.5 Å². The van der Waals surface area contributed by atoms with Gasteiger partial charge in [0.05, 0.1) is 0 Å². The van der Waals surface area contributed by atoms with E-state index < -0.39 is 0 Å². The van der Waals surface area contributed by atoms with E-state index in [9.17, 15) is 0 Å². The van der Waals surface area contributed by atoms with Gasteiger partial charge in [0, 0.05) is 6.54 Å². The van der Waals surface area contributed by atoms with Crippen molar-refractivity contribution in [1.82, 2.24) is 4.90 Å². The average molecular weight is 215 g/mol. The zero-order valence-corrected chi connectivity index (χ0v) is 9.99. The molecule has 1 fully saturated rings. The lowest BCUT2D eigenvalue weighted by Gasteiger charge is -2.29. The van der Waals surface area contributed by atoms with Gasteiger partial charge in [-0.25, -0.2) is 0 Å². The third-order valence-corrected chi connectivity index (χ3v) is 4.18. The molecular weight excluding hydrogens is 194 g/mol. The molecule has 1 aromatic rings. The van der Waals surface area contributed by atoms with Crippen LogP contribution in [0.1, 0.15) is 42.7 Å². The first-order chi connectivity index (χ1) is 7.93. The maximum atomic E-state index is 2.68. The third-order valence-electron chi connectivity index (χ3n) is 4.18. The number of hydrogen-bond donors (Lipinski definition) is 0. The Balaban J connectivity index is 1.68. The van der Waals surface area contributed by atoms with Crippen molar-refractivity contribution >= 4 is 0 Å². The number of hydrogen-bond acceptors (Lipinski definition) is 1. The highest BCUT2D eigenvalue weighted by Gasteiger charge is 2.24. The van der Waals surface area contributed by atoms with E-state index in [1.165, 1.54) is 51.7 Å². The molecule has 0 aromatic heterocycles. The molecule has 0 N–H and O–H groups in total. The first-order valence-corrected chi connectivity index (χ1v) is 6.73. The maximum absolute atomic E-state index is 2.68. The molecule has 1 nitrogen and oxygen atoms in total. The summed E-state index contributed by atoms with van der Waals surface area (Å²) in [6.07, 6.45) is 6.94. The Labute approximate surface area is 98.5 Å². The monoisotopic (exact) mass is 215 g/mol. The highest BCUT2D eigenvalue weighted by Crippen LogP contribution is 2.33. The Hall–Kier alpha value is -0.820. The largest absolute Gasteiger partial charge is 0.303 e. The van der Waals surface area contributed by atoms with Crippen LogP contribution in [0.5, 0.6) is 0 Å². The Bertz CT molecular complexity index is 352. The molecular formula is C15H21N. The molecule has 0 spiro atoms. The van der Waals surface area contributed by atoms with Crippen LogP contribution in [0.15, 0.2) is 24.3 Å². The maximum Gasteiger partial charge on any atom is 0.00505 e. The topological polar surface area (TPSA) is 3.24 Å². The molecule has 1 unspecified atom stereocenters. The minimum Gasteiger partial charge on any atom is -0.303 e. The molecule has 16 heavy (non-hydrogen) atoms. The lowest BCUT2D eigenvalue weighted by Crippen LogP contribution is -2.33. The Morgan fingerprint density at radius 2 is 1.88 bits per heavy atom. The first kappa shape index (κ1) is 10.3. The van der Waals surface area contributed by atoms with Crippen molar-refractivity contribution in [2.45, 2.75) is 38.0 Å². The molecule has 0 amide bonds. The average Bonchev–Trinajstić information content (AvgIpc) is 2.74. The zero-order valence-electron chi connectivity index (χ0n) is 9.99. The van der Waals surface area contributed by atoms with Crippen LogP contribution in [-0.2, 0) is 6.42 Å². The van der Waals surface area contributed by atoms with E-state index in [4.69, 9.17) is 0 Å². The molecule has 1 heterocycles. The standard InChI is InChI=1S/C15H21N/c1-4-10-16(11-5-1)12-14-9-8-13-6-2-3-7-15(13)14/h2-3,6-7,14H,1,4-5,8-12H2. The van der Waals surface area contributed by atoms with E-state index in [0.717, 1.165) is 5.92 Å². The zero-order chi connectivity index (χ0) is 10.8. The second-order valence-electron chi connectivity index (χ2n) is 5.30. The van der Waals surface area contributed by atoms with Crippen molar-refractivity contribution in [2.24, 2.45) is 0 Å². The predicted molar refractivity (Wildman–Crippen MR) is 67.8 cm³/mol. The van der Waals surface area contributed by atoms with E-state index in [1.54, 1.807) is 11.1 Å². The fourth-order valence-corrected chi connectivity index (χ4v) is 3.29. The van der Waals surface area contributed by atoms with E-state index in [-0.39, 0.29) is 0 Å². The predicted octanol–water partition coefficient (Wildman–Crippen LogP) is 3.20. The summed E-state index contributed by atoms with van der Waals surface area (Å²) in [5.74, 6) is 0.814. The van der Waals surface area contributed by atoms with Crippen LogP contribution >= 0.6 is 0 Å². The van der Waals surface area contributed by atoms with Crippen LogP contribution in [0.2, 0.25) is 0 Å². The molecule has 1 aromatic carbocycles. The summed E-state index contributed by atoms with van der Waals surface area (Å²) < 4.78 is 0. The highest BCUT2D eigenvalue weighted by molar-refractivity contribution is 5.35. The van der Waals surface area contributed by atoms with Crippen molar-refractivity contribution < 1.29 is 0 Å². The van der Waals surface area contributed by atoms with Crippen molar-refractivity contribution in [1.29, 1.82) is 0 Å². The number of likely N-dealkylation sites (tertiary alicyclic amines) is 1. The molecule has 3 rings (SSSR count). The normalized spacial score (nSPS) is 25.6. The Morgan fingerprint density at radius 3 is 2.75 bits per heavy atom. The minimum absolute atomic E-state index is 0.814. The molecule has 1 aliphatic heterocycles. The van der Waals surface area contributed by atoms with Crippen LogP contribution in [0.25, 0.3) is 0 Å². The molecule has 2 aliphatic rings. The molecule has 86 valence electrons. The number of rotatable bonds is 2. The third kappa shape index (κ3) is 2.01. The van der Waals surface area contributed by atoms with Gasteiger partial charge < -0.3 is 4.90 Å². The fourth-order valence-electron chi connectivity index (χ4n) is 3.29. The number of fused-ring (bicyclic) bond motifs is 1. The van der Waals surface area contributed by atoms with Gasteiger partial charge in [0.15, 0.2) is 0 Å². The quantitative estimate of drug-likeness (QED) is 0.732. The number of aryl methyl sites for hydroxylation is 1. The molecule has 0 saturated carbocycles. The summed E-state index contributed by atoms with van der Waals surface area (Å²) in [7, 11) is 0. The van der Waals surface area contributed by atoms with E-state index in [0.29, 0.717) is 0 Å². The summed E-state index contributed by atoms with van der Waals surface area (Å²) in [5.41, 5.74) is 3.23. The second kappa shape index (κ2) is 4.58. The molecule has 1 atom stereocenters. The summed E-state index contributed by atoms with van der Waals surface area (Å²) in [4.78, 5) is 2.68. The van der Waals surface area contributed by atoms with Gasteiger partial charge in [-0.1, -0.05) is 30.7 Å². The van der Waals surface area contributed by atoms with Gasteiger partial charge in [-0.2, -0.15) is 0 Å². The van der Waals surface area contributed by atoms with Crippen LogP contribution in [0.4, 0.5) is 0 Å². The van der Waals surface area contributed by atoms with Gasteiger partial charge in [0.25, 0.3) is 0 Å². The summed E-state index contributed by atoms with van der Waals surface area (Å²) in [6.45, 7) is 3.97. The van der Waals surface area contributed by atoms with Crippen LogP contribution < -0.4 is 0 Å². The second-order valence-corrected chi connectivity index (χ2v) is 5.30. The SMILES string of the molecule is c1ccc2c(c1)CCC2CN1CCCCC1. The van der Waals surface area contributed by atoms with Gasteiger partial charge in [0.2, 0.25) is 0 Å². The van der Waals surface area contributed by atoms with Crippen LogP contribution in [0, 0.1) is 0 Å². The molecule has 1 aliphatic carbocycles. The van der Waals surface area contributed by atoms with Gasteiger partial charge in [-0.05, 0) is 55.8 Å². The van der Waals surface area contributed by atoms with Crippen molar-refractivity contribution in [3.63, 3.8) is 0 Å². The Kier molecular flexibility index (Phi) is 2.96. The van der Waals surface area contributed by atoms with Gasteiger partial charge in [0.1, 0.15) is 0 Å². The van der Waals surface area contributed by atoms with Crippen molar-refractivity contribution in [2.75, 3.05) is 19.6 Å². The number of benzene rings is 1. The van der Waals surface area contributed by atoms with Gasteiger partial charge in [-0.15, -0.1) is 0 Å². The summed E-state index contributed by atoms with van der Waals surface area (Å²) >= 11 is 0. The fraction of sp³-hybridized carbons (Fsp3) is 0.600. The molecule has 1 saturated heterocycles. The van der Waals surface area contributed by atoms with E-state index in [2.05, 4.69) is 29.2 Å². The van der Waals surface area contributed by atoms with Gasteiger partial charge >= 0.3 is 0 Å². The van der Waals surface area contributed by atoms with Crippen molar-refractivity contribution in [3.05, 3.63) is 35.4 Å². The minimum atomic E-state index is 0.814. The smallest absolute Gasteiger partial charge is 0.00505 e. The van der Waals surface area contributed by atoms with E-state index in [1.807, 2.05) is 0 Å². The molecule has 1 heteroatoms. The van der Waals surface area contributed by atoms with Crippen molar-refractivity contribution in [3.8, 4) is 0 Å². The summed E-state index contributed by atoms with van der Waals surface area (Å²) in [5, 5.41) is 0. The molecule has 0 radical (unpaired) electrons. The first-order valence-electron chi connectivity index (χ1n) is 6.73. The highest BCUT2D eigenvalue weighted by atomic mass is 15.1. The summed E-state index contributed by atoms with van der Waals surface area (Å²) in [6, 6.07) is 9.04. The molecule has 0 bridgehead atoms. The van der Waals surface area contributed by atoms with Gasteiger partial charge in [-0.3, -0.25) is 0 Å². The van der Waals surface area contributed by atoms with Crippen LogP contribution in [0.3, 0.4) is 0 Å². The lowest BCUT2D eigenvalue weighted by atomic mass is 9.99. The number of piperidine rings is 1. The number of nitrogens with zero attached hydrogens (tertiary/aromatic N) is 1.